The molecule has 1 spiro atoms. The molecule has 1 N–H and O–H groups in total. The van der Waals surface area contributed by atoms with Crippen molar-refractivity contribution in [3.8, 4) is 0 Å². The van der Waals surface area contributed by atoms with Crippen molar-refractivity contribution in [3.05, 3.63) is 34.9 Å². The van der Waals surface area contributed by atoms with E-state index in [2.05, 4.69) is 6.07 Å². The van der Waals surface area contributed by atoms with Gasteiger partial charge in [0.15, 0.2) is 0 Å². The third kappa shape index (κ3) is 1.24. The zero-order valence-corrected chi connectivity index (χ0v) is 8.53. The van der Waals surface area contributed by atoms with Gasteiger partial charge in [-0.2, -0.15) is 0 Å². The number of aliphatic hydroxyl groups excluding tert-OH is 1. The third-order valence-corrected chi connectivity index (χ3v) is 3.41. The molecular formula is C12H14O3. The van der Waals surface area contributed by atoms with Crippen molar-refractivity contribution in [2.75, 3.05) is 13.2 Å². The molecule has 0 aliphatic carbocycles. The molecule has 0 radical (unpaired) electrons. The van der Waals surface area contributed by atoms with E-state index < -0.39 is 0 Å². The fraction of sp³-hybridized carbons (Fsp3) is 0.500. The highest BCUT2D eigenvalue weighted by Crippen LogP contribution is 2.43. The van der Waals surface area contributed by atoms with Crippen LogP contribution in [0.3, 0.4) is 0 Å². The predicted molar refractivity (Wildman–Crippen MR) is 54.3 cm³/mol. The maximum Gasteiger partial charge on any atom is 0.119 e. The molecule has 1 atom stereocenters. The Kier molecular flexibility index (Phi) is 2.06. The van der Waals surface area contributed by atoms with Gasteiger partial charge in [0.05, 0.1) is 19.8 Å². The normalized spacial score (nSPS) is 28.6. The van der Waals surface area contributed by atoms with E-state index in [0.717, 1.165) is 24.2 Å². The lowest BCUT2D eigenvalue weighted by molar-refractivity contribution is -0.0422. The van der Waals surface area contributed by atoms with Crippen LogP contribution < -0.4 is 0 Å². The van der Waals surface area contributed by atoms with Crippen LogP contribution in [0.4, 0.5) is 0 Å². The summed E-state index contributed by atoms with van der Waals surface area (Å²) in [7, 11) is 0. The smallest absolute Gasteiger partial charge is 0.119 e. The number of hydrogen-bond donors (Lipinski definition) is 1. The molecule has 0 saturated carbocycles. The Hall–Kier alpha value is -0.900. The number of aliphatic hydroxyl groups is 1. The first-order chi connectivity index (χ1) is 7.36. The second kappa shape index (κ2) is 3.30. The summed E-state index contributed by atoms with van der Waals surface area (Å²) in [6, 6.07) is 6.03. The van der Waals surface area contributed by atoms with Gasteiger partial charge in [0.1, 0.15) is 5.60 Å². The van der Waals surface area contributed by atoms with Gasteiger partial charge >= 0.3 is 0 Å². The van der Waals surface area contributed by atoms with Crippen molar-refractivity contribution in [3.63, 3.8) is 0 Å². The highest BCUT2D eigenvalue weighted by molar-refractivity contribution is 5.41. The molecule has 1 fully saturated rings. The van der Waals surface area contributed by atoms with Crippen molar-refractivity contribution < 1.29 is 14.6 Å². The molecule has 3 rings (SSSR count). The van der Waals surface area contributed by atoms with E-state index in [1.54, 1.807) is 0 Å². The summed E-state index contributed by atoms with van der Waals surface area (Å²) in [5.74, 6) is 0. The zero-order valence-electron chi connectivity index (χ0n) is 8.53. The number of benzene rings is 1. The van der Waals surface area contributed by atoms with E-state index in [9.17, 15) is 5.11 Å². The molecule has 3 heteroatoms. The van der Waals surface area contributed by atoms with Crippen LogP contribution in [0.2, 0.25) is 0 Å². The van der Waals surface area contributed by atoms with E-state index in [1.807, 2.05) is 12.1 Å². The number of ether oxygens (including phenoxy) is 2. The minimum absolute atomic E-state index is 0.0868. The molecule has 2 heterocycles. The van der Waals surface area contributed by atoms with E-state index in [0.29, 0.717) is 13.2 Å². The molecular weight excluding hydrogens is 192 g/mol. The van der Waals surface area contributed by atoms with Crippen molar-refractivity contribution in [1.29, 1.82) is 0 Å². The molecule has 0 aromatic heterocycles. The molecule has 1 saturated heterocycles. The molecule has 80 valence electrons. The second-order valence-corrected chi connectivity index (χ2v) is 4.19. The van der Waals surface area contributed by atoms with Crippen LogP contribution in [-0.2, 0) is 28.3 Å². The van der Waals surface area contributed by atoms with Gasteiger partial charge in [0, 0.05) is 13.0 Å². The Morgan fingerprint density at radius 1 is 1.40 bits per heavy atom. The van der Waals surface area contributed by atoms with Crippen molar-refractivity contribution in [2.45, 2.75) is 25.2 Å². The summed E-state index contributed by atoms with van der Waals surface area (Å²) in [4.78, 5) is 0. The van der Waals surface area contributed by atoms with Gasteiger partial charge in [0.2, 0.25) is 0 Å². The first-order valence-corrected chi connectivity index (χ1v) is 5.29. The fourth-order valence-corrected chi connectivity index (χ4v) is 2.54. The van der Waals surface area contributed by atoms with Gasteiger partial charge < -0.3 is 14.6 Å². The van der Waals surface area contributed by atoms with Crippen LogP contribution in [-0.4, -0.2) is 18.3 Å². The topological polar surface area (TPSA) is 38.7 Å². The standard InChI is InChI=1S/C12H14O3/c13-6-9-2-1-3-11-10(9)7-15-12(11)4-5-14-8-12/h1-3,13H,4-8H2. The van der Waals surface area contributed by atoms with E-state index >= 15 is 0 Å². The summed E-state index contributed by atoms with van der Waals surface area (Å²) in [5.41, 5.74) is 3.13. The van der Waals surface area contributed by atoms with E-state index in [-0.39, 0.29) is 12.2 Å². The van der Waals surface area contributed by atoms with Crippen LogP contribution in [0, 0.1) is 0 Å². The molecule has 0 amide bonds. The van der Waals surface area contributed by atoms with Gasteiger partial charge in [-0.05, 0) is 16.7 Å². The van der Waals surface area contributed by atoms with Gasteiger partial charge in [-0.15, -0.1) is 0 Å². The summed E-state index contributed by atoms with van der Waals surface area (Å²) >= 11 is 0. The summed E-state index contributed by atoms with van der Waals surface area (Å²) in [6.07, 6.45) is 0.925. The molecule has 1 unspecified atom stereocenters. The molecule has 15 heavy (non-hydrogen) atoms. The maximum atomic E-state index is 9.25. The SMILES string of the molecule is OCc1cccc2c1COC21CCOC1. The van der Waals surface area contributed by atoms with Crippen LogP contribution in [0.15, 0.2) is 18.2 Å². The second-order valence-electron chi connectivity index (χ2n) is 4.19. The average molecular weight is 206 g/mol. The summed E-state index contributed by atoms with van der Waals surface area (Å²) in [6.45, 7) is 2.11. The van der Waals surface area contributed by atoms with Gasteiger partial charge in [-0.1, -0.05) is 18.2 Å². The minimum atomic E-state index is -0.222. The van der Waals surface area contributed by atoms with Crippen LogP contribution in [0.25, 0.3) is 0 Å². The largest absolute Gasteiger partial charge is 0.392 e. The predicted octanol–water partition coefficient (Wildman–Crippen LogP) is 1.32. The van der Waals surface area contributed by atoms with E-state index in [4.69, 9.17) is 9.47 Å². The van der Waals surface area contributed by atoms with Crippen molar-refractivity contribution in [1.82, 2.24) is 0 Å². The number of rotatable bonds is 1. The third-order valence-electron chi connectivity index (χ3n) is 3.41. The maximum absolute atomic E-state index is 9.25. The van der Waals surface area contributed by atoms with Crippen LogP contribution in [0.1, 0.15) is 23.1 Å². The van der Waals surface area contributed by atoms with Crippen molar-refractivity contribution >= 4 is 0 Å². The Morgan fingerprint density at radius 2 is 2.33 bits per heavy atom. The quantitative estimate of drug-likeness (QED) is 0.753. The lowest BCUT2D eigenvalue weighted by Gasteiger charge is -2.21. The number of fused-ring (bicyclic) bond motifs is 2. The number of hydrogen-bond acceptors (Lipinski definition) is 3. The first kappa shape index (κ1) is 9.33. The highest BCUT2D eigenvalue weighted by Gasteiger charge is 2.43. The van der Waals surface area contributed by atoms with Crippen LogP contribution >= 0.6 is 0 Å². The van der Waals surface area contributed by atoms with Gasteiger partial charge in [0.25, 0.3) is 0 Å². The Labute approximate surface area is 88.6 Å². The molecule has 1 aromatic carbocycles. The Balaban J connectivity index is 2.10. The zero-order chi connectivity index (χ0) is 10.3. The summed E-state index contributed by atoms with van der Waals surface area (Å²) in [5, 5.41) is 9.25. The molecule has 1 aromatic rings. The van der Waals surface area contributed by atoms with Gasteiger partial charge in [-0.25, -0.2) is 0 Å². The monoisotopic (exact) mass is 206 g/mol. The average Bonchev–Trinajstić information content (AvgIpc) is 2.89. The Bertz CT molecular complexity index is 380. The molecule has 3 nitrogen and oxygen atoms in total. The molecule has 0 bridgehead atoms. The van der Waals surface area contributed by atoms with E-state index in [1.165, 1.54) is 5.56 Å². The lowest BCUT2D eigenvalue weighted by atomic mass is 9.90. The van der Waals surface area contributed by atoms with Crippen LogP contribution in [0.5, 0.6) is 0 Å². The highest BCUT2D eigenvalue weighted by atomic mass is 16.6. The summed E-state index contributed by atoms with van der Waals surface area (Å²) < 4.78 is 11.3. The molecule has 2 aliphatic heterocycles. The Morgan fingerprint density at radius 3 is 3.07 bits per heavy atom. The molecule has 2 aliphatic rings. The minimum Gasteiger partial charge on any atom is -0.392 e. The van der Waals surface area contributed by atoms with Crippen molar-refractivity contribution in [2.24, 2.45) is 0 Å². The lowest BCUT2D eigenvalue weighted by Crippen LogP contribution is -2.25. The van der Waals surface area contributed by atoms with Gasteiger partial charge in [-0.3, -0.25) is 0 Å². The fourth-order valence-electron chi connectivity index (χ4n) is 2.54. The first-order valence-electron chi connectivity index (χ1n) is 5.29.